The molecule has 21 heavy (non-hydrogen) atoms. The normalized spacial score (nSPS) is 24.7. The first-order chi connectivity index (χ1) is 9.95. The molecule has 1 atom stereocenters. The molecule has 0 radical (unpaired) electrons. The van der Waals surface area contributed by atoms with Crippen LogP contribution in [0.25, 0.3) is 0 Å². The number of hydrogen-bond donors (Lipinski definition) is 2. The smallest absolute Gasteiger partial charge is 0.0628 e. The Morgan fingerprint density at radius 1 is 1.19 bits per heavy atom. The van der Waals surface area contributed by atoms with E-state index in [1.165, 1.54) is 45.3 Å². The molecule has 1 aliphatic carbocycles. The minimum Gasteiger partial charge on any atom is -0.394 e. The molecule has 124 valence electrons. The second kappa shape index (κ2) is 7.40. The first-order valence-corrected chi connectivity index (χ1v) is 8.71. The Balaban J connectivity index is 1.87. The van der Waals surface area contributed by atoms with Crippen LogP contribution in [0.2, 0.25) is 0 Å². The summed E-state index contributed by atoms with van der Waals surface area (Å²) in [6.07, 6.45) is 5.15. The number of piperidine rings is 1. The molecule has 1 saturated heterocycles. The quantitative estimate of drug-likeness (QED) is 0.710. The Labute approximate surface area is 130 Å². The van der Waals surface area contributed by atoms with Gasteiger partial charge in [-0.05, 0) is 64.7 Å². The van der Waals surface area contributed by atoms with E-state index in [9.17, 15) is 5.11 Å². The van der Waals surface area contributed by atoms with Crippen LogP contribution in [0, 0.1) is 11.8 Å². The lowest BCUT2D eigenvalue weighted by molar-refractivity contribution is 0.0640. The van der Waals surface area contributed by atoms with Crippen molar-refractivity contribution >= 4 is 0 Å². The molecule has 2 rings (SSSR count). The number of aliphatic hydroxyl groups is 1. The third kappa shape index (κ3) is 4.92. The van der Waals surface area contributed by atoms with E-state index in [1.807, 2.05) is 0 Å². The van der Waals surface area contributed by atoms with E-state index in [2.05, 4.69) is 43.1 Å². The highest BCUT2D eigenvalue weighted by molar-refractivity contribution is 5.03. The van der Waals surface area contributed by atoms with Crippen LogP contribution in [0.4, 0.5) is 0 Å². The lowest BCUT2D eigenvalue weighted by Gasteiger charge is -2.42. The maximum atomic E-state index is 10.0. The fraction of sp³-hybridized carbons (Fsp3) is 1.00. The van der Waals surface area contributed by atoms with Crippen molar-refractivity contribution in [3.8, 4) is 0 Å². The van der Waals surface area contributed by atoms with Gasteiger partial charge >= 0.3 is 0 Å². The zero-order valence-corrected chi connectivity index (χ0v) is 14.4. The van der Waals surface area contributed by atoms with Crippen LogP contribution >= 0.6 is 0 Å². The van der Waals surface area contributed by atoms with Crippen molar-refractivity contribution in [1.82, 2.24) is 15.1 Å². The summed E-state index contributed by atoms with van der Waals surface area (Å²) >= 11 is 0. The monoisotopic (exact) mass is 297 g/mol. The molecule has 0 bridgehead atoms. The summed E-state index contributed by atoms with van der Waals surface area (Å²) in [6, 6.07) is 0.434. The standard InChI is InChI=1S/C17H35N3O/c1-14(2)18-17(13-21,16-5-6-16)12-20-9-7-15(8-10-20)11-19(3)4/h14-16,18,21H,5-13H2,1-4H3. The molecular weight excluding hydrogens is 262 g/mol. The average Bonchev–Trinajstić information content (AvgIpc) is 3.23. The molecule has 0 aromatic rings. The van der Waals surface area contributed by atoms with Crippen molar-refractivity contribution in [3.05, 3.63) is 0 Å². The molecule has 4 heteroatoms. The first-order valence-electron chi connectivity index (χ1n) is 8.71. The summed E-state index contributed by atoms with van der Waals surface area (Å²) in [6.45, 7) is 9.26. The molecule has 0 spiro atoms. The van der Waals surface area contributed by atoms with Crippen molar-refractivity contribution in [2.75, 3.05) is 46.9 Å². The van der Waals surface area contributed by atoms with Crippen LogP contribution in [0.5, 0.6) is 0 Å². The van der Waals surface area contributed by atoms with Crippen LogP contribution in [-0.4, -0.2) is 73.4 Å². The number of nitrogens with zero attached hydrogens (tertiary/aromatic N) is 2. The van der Waals surface area contributed by atoms with E-state index in [4.69, 9.17) is 0 Å². The van der Waals surface area contributed by atoms with Gasteiger partial charge in [0.15, 0.2) is 0 Å². The van der Waals surface area contributed by atoms with Crippen molar-refractivity contribution in [3.63, 3.8) is 0 Å². The highest BCUT2D eigenvalue weighted by Crippen LogP contribution is 2.40. The maximum absolute atomic E-state index is 10.0. The number of aliphatic hydroxyl groups excluding tert-OH is 1. The third-order valence-electron chi connectivity index (χ3n) is 5.05. The maximum Gasteiger partial charge on any atom is 0.0628 e. The molecule has 0 aromatic heterocycles. The molecular formula is C17H35N3O. The molecule has 1 saturated carbocycles. The van der Waals surface area contributed by atoms with Crippen molar-refractivity contribution in [2.24, 2.45) is 11.8 Å². The summed E-state index contributed by atoms with van der Waals surface area (Å²) in [5, 5.41) is 13.7. The molecule has 1 aliphatic heterocycles. The van der Waals surface area contributed by atoms with Crippen LogP contribution in [0.3, 0.4) is 0 Å². The predicted molar refractivity (Wildman–Crippen MR) is 88.5 cm³/mol. The Bertz CT molecular complexity index is 309. The van der Waals surface area contributed by atoms with Crippen LogP contribution < -0.4 is 5.32 Å². The highest BCUT2D eigenvalue weighted by Gasteiger charge is 2.46. The molecule has 0 aromatic carbocycles. The highest BCUT2D eigenvalue weighted by atomic mass is 16.3. The fourth-order valence-electron chi connectivity index (χ4n) is 3.97. The molecule has 4 nitrogen and oxygen atoms in total. The van der Waals surface area contributed by atoms with Gasteiger partial charge in [-0.2, -0.15) is 0 Å². The summed E-state index contributed by atoms with van der Waals surface area (Å²) in [5.41, 5.74) is -0.0669. The number of hydrogen-bond acceptors (Lipinski definition) is 4. The molecule has 2 aliphatic rings. The number of rotatable bonds is 8. The summed E-state index contributed by atoms with van der Waals surface area (Å²) in [4.78, 5) is 4.89. The van der Waals surface area contributed by atoms with Crippen molar-refractivity contribution in [1.29, 1.82) is 0 Å². The molecule has 1 unspecified atom stereocenters. The SMILES string of the molecule is CC(C)NC(CO)(CN1CCC(CN(C)C)CC1)C1CC1. The van der Waals surface area contributed by atoms with E-state index in [1.54, 1.807) is 0 Å². The zero-order valence-electron chi connectivity index (χ0n) is 14.4. The van der Waals surface area contributed by atoms with Crippen LogP contribution in [-0.2, 0) is 0 Å². The Morgan fingerprint density at radius 3 is 2.24 bits per heavy atom. The molecule has 0 amide bonds. The topological polar surface area (TPSA) is 38.7 Å². The van der Waals surface area contributed by atoms with Gasteiger partial charge in [-0.3, -0.25) is 0 Å². The van der Waals surface area contributed by atoms with E-state index in [0.29, 0.717) is 12.0 Å². The van der Waals surface area contributed by atoms with E-state index >= 15 is 0 Å². The number of likely N-dealkylation sites (tertiary alicyclic amines) is 1. The van der Waals surface area contributed by atoms with Crippen molar-refractivity contribution in [2.45, 2.75) is 51.1 Å². The van der Waals surface area contributed by atoms with Gasteiger partial charge < -0.3 is 20.2 Å². The molecule has 2 fully saturated rings. The van der Waals surface area contributed by atoms with Gasteiger partial charge in [0.1, 0.15) is 0 Å². The second-order valence-electron chi connectivity index (χ2n) is 7.87. The summed E-state index contributed by atoms with van der Waals surface area (Å²) < 4.78 is 0. The minimum absolute atomic E-state index is 0.0669. The van der Waals surface area contributed by atoms with Gasteiger partial charge in [-0.15, -0.1) is 0 Å². The van der Waals surface area contributed by atoms with E-state index in [0.717, 1.165) is 12.5 Å². The second-order valence-corrected chi connectivity index (χ2v) is 7.87. The largest absolute Gasteiger partial charge is 0.394 e. The van der Waals surface area contributed by atoms with Gasteiger partial charge in [0.2, 0.25) is 0 Å². The summed E-state index contributed by atoms with van der Waals surface area (Å²) in [5.74, 6) is 1.52. The average molecular weight is 297 g/mol. The Morgan fingerprint density at radius 2 is 1.81 bits per heavy atom. The fourth-order valence-corrected chi connectivity index (χ4v) is 3.97. The molecule has 1 heterocycles. The van der Waals surface area contributed by atoms with E-state index < -0.39 is 0 Å². The van der Waals surface area contributed by atoms with Gasteiger partial charge in [-0.1, -0.05) is 13.8 Å². The summed E-state index contributed by atoms with van der Waals surface area (Å²) in [7, 11) is 4.34. The van der Waals surface area contributed by atoms with Crippen molar-refractivity contribution < 1.29 is 5.11 Å². The lowest BCUT2D eigenvalue weighted by Crippen LogP contribution is -2.60. The van der Waals surface area contributed by atoms with E-state index in [-0.39, 0.29) is 12.1 Å². The molecule has 2 N–H and O–H groups in total. The van der Waals surface area contributed by atoms with Gasteiger partial charge in [-0.25, -0.2) is 0 Å². The predicted octanol–water partition coefficient (Wildman–Crippen LogP) is 1.40. The van der Waals surface area contributed by atoms with Gasteiger partial charge in [0.05, 0.1) is 12.1 Å². The Kier molecular flexibility index (Phi) is 6.06. The van der Waals surface area contributed by atoms with Crippen LogP contribution in [0.15, 0.2) is 0 Å². The zero-order chi connectivity index (χ0) is 15.5. The lowest BCUT2D eigenvalue weighted by atomic mass is 9.89. The Hall–Kier alpha value is -0.160. The van der Waals surface area contributed by atoms with Crippen LogP contribution in [0.1, 0.15) is 39.5 Å². The minimum atomic E-state index is -0.0669. The first kappa shape index (κ1) is 17.2. The third-order valence-corrected chi connectivity index (χ3v) is 5.05. The van der Waals surface area contributed by atoms with Gasteiger partial charge in [0.25, 0.3) is 0 Å². The van der Waals surface area contributed by atoms with Gasteiger partial charge in [0, 0.05) is 19.1 Å². The number of nitrogens with one attached hydrogen (secondary N) is 1.